The highest BCUT2D eigenvalue weighted by Crippen LogP contribution is 2.41. The normalized spacial score (nSPS) is 17.3. The van der Waals surface area contributed by atoms with E-state index < -0.39 is 11.6 Å². The van der Waals surface area contributed by atoms with Crippen LogP contribution in [0.3, 0.4) is 0 Å². The first-order valence-corrected chi connectivity index (χ1v) is 10.4. The van der Waals surface area contributed by atoms with Crippen LogP contribution in [0.4, 0.5) is 5.82 Å². The van der Waals surface area contributed by atoms with E-state index in [1.807, 2.05) is 36.5 Å². The summed E-state index contributed by atoms with van der Waals surface area (Å²) in [6, 6.07) is 9.99. The fourth-order valence-corrected chi connectivity index (χ4v) is 4.40. The second kappa shape index (κ2) is 8.03. The highest BCUT2D eigenvalue weighted by atomic mass is 16.5. The van der Waals surface area contributed by atoms with Crippen molar-refractivity contribution in [2.75, 3.05) is 31.7 Å². The molecule has 2 aliphatic heterocycles. The molecule has 0 bridgehead atoms. The van der Waals surface area contributed by atoms with Crippen LogP contribution >= 0.6 is 0 Å². The number of methoxy groups -OCH3 is 1. The number of rotatable bonds is 3. The molecule has 0 aliphatic carbocycles. The molecular weight excluding hydrogens is 394 g/mol. The number of hydrogen-bond acceptors (Lipinski definition) is 8. The molecule has 8 heteroatoms. The predicted molar refractivity (Wildman–Crippen MR) is 114 cm³/mol. The standard InChI is InChI=1S/C23H23N5O3/c1-30-22(29)18-21(25-11-10-24-18)28-12-8-23(9-13-28)19-17(7-14-31-23)15-26-20(27-19)16-5-3-2-4-6-16/h2-6,10-11,15H,7-9,12-14H2,1H3. The lowest BCUT2D eigenvalue weighted by atomic mass is 9.83. The van der Waals surface area contributed by atoms with Gasteiger partial charge in [0.05, 0.1) is 19.4 Å². The summed E-state index contributed by atoms with van der Waals surface area (Å²) in [5.74, 6) is 0.782. The van der Waals surface area contributed by atoms with Gasteiger partial charge in [0.2, 0.25) is 0 Å². The van der Waals surface area contributed by atoms with E-state index in [9.17, 15) is 4.79 Å². The van der Waals surface area contributed by atoms with Crippen LogP contribution in [0.5, 0.6) is 0 Å². The number of esters is 1. The summed E-state index contributed by atoms with van der Waals surface area (Å²) < 4.78 is 11.2. The van der Waals surface area contributed by atoms with Crippen LogP contribution in [0.1, 0.15) is 34.6 Å². The second-order valence-electron chi connectivity index (χ2n) is 7.73. The molecule has 3 aromatic rings. The number of anilines is 1. The van der Waals surface area contributed by atoms with E-state index in [1.165, 1.54) is 13.3 Å². The van der Waals surface area contributed by atoms with Gasteiger partial charge in [0, 0.05) is 37.2 Å². The average Bonchev–Trinajstić information content (AvgIpc) is 2.85. The van der Waals surface area contributed by atoms with Gasteiger partial charge in [-0.1, -0.05) is 30.3 Å². The van der Waals surface area contributed by atoms with Gasteiger partial charge >= 0.3 is 5.97 Å². The minimum atomic E-state index is -0.483. The Morgan fingerprint density at radius 1 is 1.10 bits per heavy atom. The fourth-order valence-electron chi connectivity index (χ4n) is 4.40. The molecule has 8 nitrogen and oxygen atoms in total. The number of fused-ring (bicyclic) bond motifs is 2. The van der Waals surface area contributed by atoms with E-state index in [4.69, 9.17) is 14.5 Å². The monoisotopic (exact) mass is 417 g/mol. The Bertz CT molecular complexity index is 1100. The number of aromatic nitrogens is 4. The first-order chi connectivity index (χ1) is 15.2. The highest BCUT2D eigenvalue weighted by molar-refractivity contribution is 5.92. The molecule has 1 fully saturated rings. The van der Waals surface area contributed by atoms with Crippen LogP contribution in [0.2, 0.25) is 0 Å². The molecule has 31 heavy (non-hydrogen) atoms. The van der Waals surface area contributed by atoms with Gasteiger partial charge in [-0.15, -0.1) is 0 Å². The molecule has 0 unspecified atom stereocenters. The van der Waals surface area contributed by atoms with E-state index in [-0.39, 0.29) is 5.69 Å². The molecule has 1 saturated heterocycles. The Morgan fingerprint density at radius 2 is 1.87 bits per heavy atom. The molecule has 0 saturated carbocycles. The van der Waals surface area contributed by atoms with Gasteiger partial charge in [-0.2, -0.15) is 0 Å². The maximum absolute atomic E-state index is 12.1. The van der Waals surface area contributed by atoms with E-state index in [2.05, 4.69) is 19.9 Å². The molecule has 4 heterocycles. The van der Waals surface area contributed by atoms with Gasteiger partial charge in [-0.25, -0.2) is 24.7 Å². The molecular formula is C23H23N5O3. The molecule has 0 atom stereocenters. The molecule has 1 aromatic carbocycles. The Kier molecular flexibility index (Phi) is 5.07. The molecule has 2 aliphatic rings. The van der Waals surface area contributed by atoms with Crippen molar-refractivity contribution in [3.8, 4) is 11.4 Å². The number of carbonyl (C=O) groups excluding carboxylic acids is 1. The molecule has 1 spiro atoms. The molecule has 0 amide bonds. The highest BCUT2D eigenvalue weighted by Gasteiger charge is 2.43. The Balaban J connectivity index is 1.44. The molecule has 5 rings (SSSR count). The van der Waals surface area contributed by atoms with Crippen LogP contribution in [0.15, 0.2) is 48.9 Å². The number of nitrogens with zero attached hydrogens (tertiary/aromatic N) is 5. The van der Waals surface area contributed by atoms with Crippen LogP contribution in [-0.2, 0) is 21.5 Å². The van der Waals surface area contributed by atoms with Gasteiger partial charge in [0.25, 0.3) is 0 Å². The summed E-state index contributed by atoms with van der Waals surface area (Å²) in [6.07, 6.45) is 7.33. The fraction of sp³-hybridized carbons (Fsp3) is 0.348. The van der Waals surface area contributed by atoms with Crippen molar-refractivity contribution >= 4 is 11.8 Å². The first-order valence-electron chi connectivity index (χ1n) is 10.4. The zero-order valence-electron chi connectivity index (χ0n) is 17.3. The lowest BCUT2D eigenvalue weighted by Gasteiger charge is -2.44. The van der Waals surface area contributed by atoms with E-state index in [1.54, 1.807) is 6.20 Å². The zero-order chi connectivity index (χ0) is 21.3. The van der Waals surface area contributed by atoms with Crippen molar-refractivity contribution in [1.82, 2.24) is 19.9 Å². The van der Waals surface area contributed by atoms with Crippen molar-refractivity contribution in [1.29, 1.82) is 0 Å². The average molecular weight is 417 g/mol. The van der Waals surface area contributed by atoms with Crippen LogP contribution in [0, 0.1) is 0 Å². The van der Waals surface area contributed by atoms with Gasteiger partial charge in [0.1, 0.15) is 5.60 Å². The Labute approximate surface area is 180 Å². The van der Waals surface area contributed by atoms with Crippen LogP contribution in [0.25, 0.3) is 11.4 Å². The quantitative estimate of drug-likeness (QED) is 0.601. The number of ether oxygens (including phenoxy) is 2. The Morgan fingerprint density at radius 3 is 2.65 bits per heavy atom. The summed E-state index contributed by atoms with van der Waals surface area (Å²) in [7, 11) is 1.35. The number of hydrogen-bond donors (Lipinski definition) is 0. The lowest BCUT2D eigenvalue weighted by Crippen LogP contribution is -2.48. The maximum Gasteiger partial charge on any atom is 0.360 e. The summed E-state index contributed by atoms with van der Waals surface area (Å²) in [5, 5.41) is 0. The predicted octanol–water partition coefficient (Wildman–Crippen LogP) is 2.79. The van der Waals surface area contributed by atoms with Gasteiger partial charge in [-0.3, -0.25) is 0 Å². The smallest absolute Gasteiger partial charge is 0.360 e. The summed E-state index contributed by atoms with van der Waals surface area (Å²) in [6.45, 7) is 2.00. The van der Waals surface area contributed by atoms with Crippen molar-refractivity contribution in [3.05, 3.63) is 65.9 Å². The summed E-state index contributed by atoms with van der Waals surface area (Å²) in [5.41, 5.74) is 2.91. The SMILES string of the molecule is COC(=O)c1nccnc1N1CCC2(CC1)OCCc1cnc(-c3ccccc3)nc12. The summed E-state index contributed by atoms with van der Waals surface area (Å²) in [4.78, 5) is 32.3. The minimum Gasteiger partial charge on any atom is -0.464 e. The zero-order valence-corrected chi connectivity index (χ0v) is 17.3. The third kappa shape index (κ3) is 3.53. The molecule has 158 valence electrons. The van der Waals surface area contributed by atoms with E-state index >= 15 is 0 Å². The van der Waals surface area contributed by atoms with Gasteiger partial charge in [-0.05, 0) is 24.8 Å². The summed E-state index contributed by atoms with van der Waals surface area (Å²) >= 11 is 0. The van der Waals surface area contributed by atoms with Crippen LogP contribution in [-0.4, -0.2) is 52.7 Å². The van der Waals surface area contributed by atoms with Crippen LogP contribution < -0.4 is 4.90 Å². The molecule has 0 N–H and O–H groups in total. The largest absolute Gasteiger partial charge is 0.464 e. The molecule has 0 radical (unpaired) electrons. The van der Waals surface area contributed by atoms with E-state index in [0.717, 1.165) is 36.1 Å². The van der Waals surface area contributed by atoms with E-state index in [0.29, 0.717) is 31.3 Å². The number of benzene rings is 1. The van der Waals surface area contributed by atoms with Gasteiger partial charge < -0.3 is 14.4 Å². The maximum atomic E-state index is 12.1. The van der Waals surface area contributed by atoms with Gasteiger partial charge in [0.15, 0.2) is 17.3 Å². The third-order valence-corrected chi connectivity index (χ3v) is 6.01. The van der Waals surface area contributed by atoms with Crippen molar-refractivity contribution in [3.63, 3.8) is 0 Å². The topological polar surface area (TPSA) is 90.3 Å². The van der Waals surface area contributed by atoms with Crippen molar-refractivity contribution < 1.29 is 14.3 Å². The number of piperidine rings is 1. The third-order valence-electron chi connectivity index (χ3n) is 6.01. The molecule has 2 aromatic heterocycles. The van der Waals surface area contributed by atoms with Crippen molar-refractivity contribution in [2.24, 2.45) is 0 Å². The Hall–Kier alpha value is -3.39. The first kappa shape index (κ1) is 19.6. The number of carbonyl (C=O) groups is 1. The lowest BCUT2D eigenvalue weighted by molar-refractivity contribution is -0.0801. The minimum absolute atomic E-state index is 0.236. The second-order valence-corrected chi connectivity index (χ2v) is 7.73. The van der Waals surface area contributed by atoms with Crippen molar-refractivity contribution in [2.45, 2.75) is 24.9 Å².